The van der Waals surface area contributed by atoms with Crippen molar-refractivity contribution in [3.63, 3.8) is 0 Å². The minimum atomic E-state index is 0.297. The van der Waals surface area contributed by atoms with Crippen LogP contribution in [0.4, 0.5) is 0 Å². The van der Waals surface area contributed by atoms with E-state index in [0.717, 1.165) is 18.6 Å². The van der Waals surface area contributed by atoms with Crippen LogP contribution in [0.25, 0.3) is 0 Å². The highest BCUT2D eigenvalue weighted by Crippen LogP contribution is 2.23. The van der Waals surface area contributed by atoms with Crippen LogP contribution in [0.15, 0.2) is 30.3 Å². The van der Waals surface area contributed by atoms with Crippen molar-refractivity contribution in [3.8, 4) is 5.75 Å². The van der Waals surface area contributed by atoms with Gasteiger partial charge < -0.3 is 9.47 Å². The van der Waals surface area contributed by atoms with Crippen molar-refractivity contribution in [3.05, 3.63) is 30.3 Å². The maximum absolute atomic E-state index is 5.92. The zero-order valence-electron chi connectivity index (χ0n) is 9.35. The van der Waals surface area contributed by atoms with Crippen LogP contribution in [-0.4, -0.2) is 18.3 Å². The molecule has 1 heterocycles. The van der Waals surface area contributed by atoms with Gasteiger partial charge >= 0.3 is 0 Å². The number of benzene rings is 1. The van der Waals surface area contributed by atoms with E-state index >= 15 is 0 Å². The van der Waals surface area contributed by atoms with Crippen LogP contribution in [0.5, 0.6) is 5.75 Å². The van der Waals surface area contributed by atoms with Crippen LogP contribution >= 0.6 is 0 Å². The molecule has 1 aliphatic heterocycles. The number of hydrogen-bond donors (Lipinski definition) is 0. The summed E-state index contributed by atoms with van der Waals surface area (Å²) < 4.78 is 11.6. The molecule has 0 N–H and O–H groups in total. The van der Waals surface area contributed by atoms with Crippen molar-refractivity contribution in [1.82, 2.24) is 0 Å². The Morgan fingerprint density at radius 3 is 2.27 bits per heavy atom. The van der Waals surface area contributed by atoms with Crippen molar-refractivity contribution in [2.45, 2.75) is 45.0 Å². The molecule has 1 fully saturated rings. The number of hydrogen-bond acceptors (Lipinski definition) is 2. The molecule has 0 aromatic heterocycles. The van der Waals surface area contributed by atoms with E-state index < -0.39 is 0 Å². The van der Waals surface area contributed by atoms with Crippen molar-refractivity contribution in [2.75, 3.05) is 0 Å². The van der Waals surface area contributed by atoms with Crippen LogP contribution in [0.2, 0.25) is 0 Å². The Morgan fingerprint density at radius 1 is 1.07 bits per heavy atom. The van der Waals surface area contributed by atoms with Gasteiger partial charge in [0.2, 0.25) is 0 Å². The van der Waals surface area contributed by atoms with Gasteiger partial charge in [-0.2, -0.15) is 0 Å². The van der Waals surface area contributed by atoms with Gasteiger partial charge in [-0.05, 0) is 26.0 Å². The molecule has 0 aliphatic carbocycles. The van der Waals surface area contributed by atoms with Crippen LogP contribution in [0, 0.1) is 0 Å². The second-order valence-corrected chi connectivity index (χ2v) is 4.28. The van der Waals surface area contributed by atoms with Crippen molar-refractivity contribution in [1.29, 1.82) is 0 Å². The predicted octanol–water partition coefficient (Wildman–Crippen LogP) is 3.02. The first-order valence-corrected chi connectivity index (χ1v) is 5.61. The molecule has 2 nitrogen and oxygen atoms in total. The first kappa shape index (κ1) is 10.5. The van der Waals surface area contributed by atoms with E-state index in [4.69, 9.17) is 9.47 Å². The van der Waals surface area contributed by atoms with Gasteiger partial charge in [0.05, 0.1) is 12.2 Å². The Hall–Kier alpha value is -1.02. The molecule has 0 amide bonds. The molecule has 82 valence electrons. The summed E-state index contributed by atoms with van der Waals surface area (Å²) in [5.41, 5.74) is 0. The highest BCUT2D eigenvalue weighted by Gasteiger charge is 2.25. The summed E-state index contributed by atoms with van der Waals surface area (Å²) in [6.07, 6.45) is 2.88. The lowest BCUT2D eigenvalue weighted by Gasteiger charge is -2.32. The Kier molecular flexibility index (Phi) is 3.27. The number of rotatable bonds is 2. The normalized spacial score (nSPS) is 31.2. The lowest BCUT2D eigenvalue weighted by atomic mass is 10.0. The van der Waals surface area contributed by atoms with Gasteiger partial charge in [0, 0.05) is 12.8 Å². The average molecular weight is 206 g/mol. The van der Waals surface area contributed by atoms with E-state index in [1.807, 2.05) is 30.3 Å². The van der Waals surface area contributed by atoms with Gasteiger partial charge in [-0.25, -0.2) is 0 Å². The predicted molar refractivity (Wildman–Crippen MR) is 60.1 cm³/mol. The van der Waals surface area contributed by atoms with Crippen molar-refractivity contribution in [2.24, 2.45) is 0 Å². The Balaban J connectivity index is 1.94. The molecule has 0 bridgehead atoms. The molecular formula is C13H18O2. The molecule has 15 heavy (non-hydrogen) atoms. The topological polar surface area (TPSA) is 18.5 Å². The number of ether oxygens (including phenoxy) is 2. The molecule has 1 aromatic carbocycles. The summed E-state index contributed by atoms with van der Waals surface area (Å²) in [6, 6.07) is 10.0. The van der Waals surface area contributed by atoms with E-state index in [1.165, 1.54) is 0 Å². The zero-order chi connectivity index (χ0) is 10.7. The van der Waals surface area contributed by atoms with E-state index in [9.17, 15) is 0 Å². The van der Waals surface area contributed by atoms with E-state index in [0.29, 0.717) is 18.3 Å². The standard InChI is InChI=1S/C13H18O2/c1-10-8-13(9-11(2)14-10)15-12-6-4-3-5-7-12/h3-7,10-11,13H,8-9H2,1-2H3/t10-,11+,13?. The van der Waals surface area contributed by atoms with Crippen LogP contribution in [-0.2, 0) is 4.74 Å². The molecule has 2 heteroatoms. The van der Waals surface area contributed by atoms with Crippen molar-refractivity contribution < 1.29 is 9.47 Å². The second kappa shape index (κ2) is 4.67. The first-order valence-electron chi connectivity index (χ1n) is 5.61. The highest BCUT2D eigenvalue weighted by molar-refractivity contribution is 5.21. The fraction of sp³-hybridized carbons (Fsp3) is 0.538. The lowest BCUT2D eigenvalue weighted by Crippen LogP contribution is -2.35. The van der Waals surface area contributed by atoms with E-state index in [2.05, 4.69) is 13.8 Å². The van der Waals surface area contributed by atoms with Gasteiger partial charge in [0.15, 0.2) is 0 Å². The lowest BCUT2D eigenvalue weighted by molar-refractivity contribution is -0.0721. The molecule has 1 aromatic rings. The van der Waals surface area contributed by atoms with Gasteiger partial charge in [-0.3, -0.25) is 0 Å². The van der Waals surface area contributed by atoms with Crippen LogP contribution < -0.4 is 4.74 Å². The monoisotopic (exact) mass is 206 g/mol. The molecule has 0 radical (unpaired) electrons. The summed E-state index contributed by atoms with van der Waals surface area (Å²) in [5, 5.41) is 0. The van der Waals surface area contributed by atoms with Gasteiger partial charge in [0.25, 0.3) is 0 Å². The van der Waals surface area contributed by atoms with Gasteiger partial charge in [0.1, 0.15) is 11.9 Å². The summed E-state index contributed by atoms with van der Waals surface area (Å²) in [4.78, 5) is 0. The Bertz CT molecular complexity index is 287. The Morgan fingerprint density at radius 2 is 1.67 bits per heavy atom. The molecule has 3 atom stereocenters. The molecule has 2 rings (SSSR count). The Labute approximate surface area is 91.2 Å². The molecule has 1 aliphatic rings. The molecule has 0 spiro atoms. The molecular weight excluding hydrogens is 188 g/mol. The smallest absolute Gasteiger partial charge is 0.119 e. The molecule has 1 unspecified atom stereocenters. The third kappa shape index (κ3) is 2.96. The minimum absolute atomic E-state index is 0.297. The van der Waals surface area contributed by atoms with E-state index in [-0.39, 0.29) is 0 Å². The largest absolute Gasteiger partial charge is 0.490 e. The van der Waals surface area contributed by atoms with Crippen LogP contribution in [0.3, 0.4) is 0 Å². The molecule has 1 saturated heterocycles. The first-order chi connectivity index (χ1) is 7.24. The van der Waals surface area contributed by atoms with Crippen molar-refractivity contribution >= 4 is 0 Å². The fourth-order valence-electron chi connectivity index (χ4n) is 2.13. The van der Waals surface area contributed by atoms with E-state index in [1.54, 1.807) is 0 Å². The average Bonchev–Trinajstić information content (AvgIpc) is 2.17. The highest BCUT2D eigenvalue weighted by atomic mass is 16.5. The van der Waals surface area contributed by atoms with Gasteiger partial charge in [-0.15, -0.1) is 0 Å². The summed E-state index contributed by atoms with van der Waals surface area (Å²) >= 11 is 0. The summed E-state index contributed by atoms with van der Waals surface area (Å²) in [7, 11) is 0. The second-order valence-electron chi connectivity index (χ2n) is 4.28. The SMILES string of the molecule is C[C@@H]1CC(Oc2ccccc2)C[C@H](C)O1. The zero-order valence-corrected chi connectivity index (χ0v) is 9.35. The number of para-hydroxylation sites is 1. The molecule has 0 saturated carbocycles. The van der Waals surface area contributed by atoms with Gasteiger partial charge in [-0.1, -0.05) is 18.2 Å². The maximum Gasteiger partial charge on any atom is 0.119 e. The summed E-state index contributed by atoms with van der Waals surface area (Å²) in [5.74, 6) is 0.962. The minimum Gasteiger partial charge on any atom is -0.490 e. The fourth-order valence-corrected chi connectivity index (χ4v) is 2.13. The quantitative estimate of drug-likeness (QED) is 0.740. The van der Waals surface area contributed by atoms with Crippen LogP contribution in [0.1, 0.15) is 26.7 Å². The third-order valence-corrected chi connectivity index (χ3v) is 2.70. The maximum atomic E-state index is 5.92. The summed E-state index contributed by atoms with van der Waals surface area (Å²) in [6.45, 7) is 4.22. The third-order valence-electron chi connectivity index (χ3n) is 2.70.